The lowest BCUT2D eigenvalue weighted by Gasteiger charge is -2.15. The molecule has 1 amide bonds. The number of nitro groups is 1. The van der Waals surface area contributed by atoms with Gasteiger partial charge in [-0.15, -0.1) is 0 Å². The van der Waals surface area contributed by atoms with Crippen LogP contribution in [0, 0.1) is 29.9 Å². The molecule has 7 nitrogen and oxygen atoms in total. The Kier molecular flexibility index (Phi) is 6.89. The van der Waals surface area contributed by atoms with E-state index in [1.54, 1.807) is 6.92 Å². The lowest BCUT2D eigenvalue weighted by molar-refractivity contribution is -0.384. The van der Waals surface area contributed by atoms with E-state index in [0.717, 1.165) is 23.1 Å². The molecule has 1 aromatic carbocycles. The van der Waals surface area contributed by atoms with Crippen LogP contribution in [0.3, 0.4) is 0 Å². The Hall–Kier alpha value is -2.06. The third-order valence-corrected chi connectivity index (χ3v) is 5.45. The summed E-state index contributed by atoms with van der Waals surface area (Å²) in [6.07, 6.45) is 0. The normalized spacial score (nSPS) is 12.3. The van der Waals surface area contributed by atoms with Crippen LogP contribution < -0.4 is 5.32 Å². The van der Waals surface area contributed by atoms with Crippen molar-refractivity contribution in [2.75, 3.05) is 5.32 Å². The van der Waals surface area contributed by atoms with E-state index in [1.807, 2.05) is 13.8 Å². The quantitative estimate of drug-likeness (QED) is 0.400. The highest BCUT2D eigenvalue weighted by Crippen LogP contribution is 2.29. The van der Waals surface area contributed by atoms with Crippen LogP contribution in [0.1, 0.15) is 32.2 Å². The fourth-order valence-electron chi connectivity index (χ4n) is 2.46. The molecule has 0 spiro atoms. The van der Waals surface area contributed by atoms with Gasteiger partial charge in [-0.1, -0.05) is 37.2 Å². The van der Waals surface area contributed by atoms with Gasteiger partial charge in [0.2, 0.25) is 5.91 Å². The van der Waals surface area contributed by atoms with Crippen molar-refractivity contribution in [3.05, 3.63) is 44.7 Å². The van der Waals surface area contributed by atoms with Crippen LogP contribution >= 0.6 is 23.4 Å². The zero-order chi connectivity index (χ0) is 20.3. The summed E-state index contributed by atoms with van der Waals surface area (Å²) in [6, 6.07) is 3.96. The van der Waals surface area contributed by atoms with Crippen molar-refractivity contribution < 1.29 is 9.72 Å². The first-order valence-electron chi connectivity index (χ1n) is 8.55. The predicted octanol–water partition coefficient (Wildman–Crippen LogP) is 4.84. The number of carbonyl (C=O) groups is 1. The van der Waals surface area contributed by atoms with Gasteiger partial charge < -0.3 is 9.88 Å². The molecule has 27 heavy (non-hydrogen) atoms. The molecular weight excluding hydrogens is 388 g/mol. The highest BCUT2D eigenvalue weighted by Gasteiger charge is 2.21. The Morgan fingerprint density at radius 2 is 2.04 bits per heavy atom. The molecule has 0 aliphatic heterocycles. The first kappa shape index (κ1) is 21.2. The van der Waals surface area contributed by atoms with Crippen molar-refractivity contribution in [3.8, 4) is 0 Å². The average Bonchev–Trinajstić information content (AvgIpc) is 2.83. The Morgan fingerprint density at radius 3 is 2.59 bits per heavy atom. The van der Waals surface area contributed by atoms with Crippen molar-refractivity contribution in [1.29, 1.82) is 0 Å². The zero-order valence-corrected chi connectivity index (χ0v) is 17.5. The van der Waals surface area contributed by atoms with E-state index >= 15 is 0 Å². The van der Waals surface area contributed by atoms with Crippen molar-refractivity contribution in [2.24, 2.45) is 5.92 Å². The van der Waals surface area contributed by atoms with E-state index in [0.29, 0.717) is 11.6 Å². The molecule has 146 valence electrons. The lowest BCUT2D eigenvalue weighted by Crippen LogP contribution is -2.23. The molecule has 0 bridgehead atoms. The minimum Gasteiger partial charge on any atom is -0.324 e. The smallest absolute Gasteiger partial charge is 0.271 e. The van der Waals surface area contributed by atoms with Gasteiger partial charge in [0.15, 0.2) is 5.16 Å². The van der Waals surface area contributed by atoms with Crippen LogP contribution in [0.25, 0.3) is 0 Å². The van der Waals surface area contributed by atoms with E-state index in [1.165, 1.54) is 30.0 Å². The van der Waals surface area contributed by atoms with Crippen molar-refractivity contribution >= 4 is 40.6 Å². The molecule has 1 heterocycles. The topological polar surface area (TPSA) is 90.1 Å². The molecule has 0 aliphatic rings. The number of hydrogen-bond donors (Lipinski definition) is 1. The van der Waals surface area contributed by atoms with Crippen LogP contribution in [-0.4, -0.2) is 25.6 Å². The number of nitrogens with zero attached hydrogens (tertiary/aromatic N) is 3. The molecule has 2 aromatic rings. The largest absolute Gasteiger partial charge is 0.324 e. The molecule has 2 rings (SSSR count). The van der Waals surface area contributed by atoms with Gasteiger partial charge in [0.1, 0.15) is 0 Å². The number of rotatable bonds is 7. The molecule has 0 fully saturated rings. The maximum absolute atomic E-state index is 12.6. The number of aromatic nitrogens is 2. The highest BCUT2D eigenvalue weighted by atomic mass is 35.5. The number of carbonyl (C=O) groups excluding carboxylic acids is 1. The summed E-state index contributed by atoms with van der Waals surface area (Å²) in [5.41, 5.74) is 2.26. The summed E-state index contributed by atoms with van der Waals surface area (Å²) in [5.74, 6) is 0.213. The zero-order valence-electron chi connectivity index (χ0n) is 15.9. The summed E-state index contributed by atoms with van der Waals surface area (Å²) in [7, 11) is 0. The standard InChI is InChI=1S/C18H23ClN4O3S/c1-10(2)9-22-12(4)11(3)20-18(22)27-13(5)17(24)21-16-7-6-14(23(25)26)8-15(16)19/h6-8,10,13H,9H2,1-5H3,(H,21,24). The van der Waals surface area contributed by atoms with Gasteiger partial charge in [0.05, 0.1) is 26.6 Å². The summed E-state index contributed by atoms with van der Waals surface area (Å²) in [6.45, 7) is 10.9. The SMILES string of the molecule is Cc1nc(SC(C)C(=O)Nc2ccc([N+](=O)[O-])cc2Cl)n(CC(C)C)c1C. The van der Waals surface area contributed by atoms with Crippen LogP contribution in [0.5, 0.6) is 0 Å². The van der Waals surface area contributed by atoms with E-state index in [4.69, 9.17) is 11.6 Å². The number of imidazole rings is 1. The lowest BCUT2D eigenvalue weighted by atomic mass is 10.2. The maximum atomic E-state index is 12.6. The van der Waals surface area contributed by atoms with Crippen molar-refractivity contribution in [1.82, 2.24) is 9.55 Å². The average molecular weight is 411 g/mol. The van der Waals surface area contributed by atoms with Gasteiger partial charge in [-0.3, -0.25) is 14.9 Å². The third-order valence-electron chi connectivity index (χ3n) is 4.04. The molecule has 9 heteroatoms. The maximum Gasteiger partial charge on any atom is 0.271 e. The molecular formula is C18H23ClN4O3S. The Labute approximate surface area is 167 Å². The fourth-order valence-corrected chi connectivity index (χ4v) is 3.69. The van der Waals surface area contributed by atoms with Gasteiger partial charge in [-0.2, -0.15) is 0 Å². The number of nitro benzene ring substituents is 1. The minimum atomic E-state index is -0.533. The van der Waals surface area contributed by atoms with Crippen molar-refractivity contribution in [2.45, 2.75) is 51.6 Å². The Bertz CT molecular complexity index is 867. The second-order valence-electron chi connectivity index (χ2n) is 6.74. The number of nitrogens with one attached hydrogen (secondary N) is 1. The number of halogens is 1. The molecule has 1 atom stereocenters. The number of non-ortho nitro benzene ring substituents is 1. The molecule has 1 aromatic heterocycles. The number of aryl methyl sites for hydroxylation is 1. The van der Waals surface area contributed by atoms with Crippen LogP contribution in [0.2, 0.25) is 5.02 Å². The molecule has 0 aliphatic carbocycles. The molecule has 0 saturated carbocycles. The second kappa shape index (κ2) is 8.75. The number of hydrogen-bond acceptors (Lipinski definition) is 5. The first-order chi connectivity index (χ1) is 12.6. The van der Waals surface area contributed by atoms with E-state index < -0.39 is 10.2 Å². The first-order valence-corrected chi connectivity index (χ1v) is 9.81. The monoisotopic (exact) mass is 410 g/mol. The van der Waals surface area contributed by atoms with Crippen LogP contribution in [0.15, 0.2) is 23.4 Å². The second-order valence-corrected chi connectivity index (χ2v) is 8.46. The number of amides is 1. The van der Waals surface area contributed by atoms with E-state index in [2.05, 4.69) is 28.7 Å². The number of anilines is 1. The van der Waals surface area contributed by atoms with Crippen LogP contribution in [0.4, 0.5) is 11.4 Å². The molecule has 0 radical (unpaired) electrons. The Balaban J connectivity index is 2.13. The Morgan fingerprint density at radius 1 is 1.37 bits per heavy atom. The van der Waals surface area contributed by atoms with Gasteiger partial charge in [0, 0.05) is 24.4 Å². The van der Waals surface area contributed by atoms with E-state index in [-0.39, 0.29) is 16.6 Å². The third kappa shape index (κ3) is 5.23. The number of thioether (sulfide) groups is 1. The summed E-state index contributed by atoms with van der Waals surface area (Å²) in [5, 5.41) is 14.0. The predicted molar refractivity (Wildman–Crippen MR) is 109 cm³/mol. The summed E-state index contributed by atoms with van der Waals surface area (Å²) in [4.78, 5) is 27.4. The molecule has 0 saturated heterocycles. The minimum absolute atomic E-state index is 0.123. The summed E-state index contributed by atoms with van der Waals surface area (Å²) < 4.78 is 2.13. The van der Waals surface area contributed by atoms with Gasteiger partial charge in [-0.05, 0) is 32.8 Å². The number of benzene rings is 1. The molecule has 1 N–H and O–H groups in total. The highest BCUT2D eigenvalue weighted by molar-refractivity contribution is 8.00. The van der Waals surface area contributed by atoms with E-state index in [9.17, 15) is 14.9 Å². The van der Waals surface area contributed by atoms with Crippen molar-refractivity contribution in [3.63, 3.8) is 0 Å². The fraction of sp³-hybridized carbons (Fsp3) is 0.444. The summed E-state index contributed by atoms with van der Waals surface area (Å²) >= 11 is 7.42. The molecule has 1 unspecified atom stereocenters. The van der Waals surface area contributed by atoms with Gasteiger partial charge >= 0.3 is 0 Å². The van der Waals surface area contributed by atoms with Gasteiger partial charge in [0.25, 0.3) is 5.69 Å². The van der Waals surface area contributed by atoms with Crippen LogP contribution in [-0.2, 0) is 11.3 Å². The van der Waals surface area contributed by atoms with Gasteiger partial charge in [-0.25, -0.2) is 4.98 Å².